The molecule has 0 saturated carbocycles. The normalized spacial score (nSPS) is 11.3. The number of aromatic amines is 1. The molecule has 0 aliphatic rings. The second-order valence-corrected chi connectivity index (χ2v) is 5.72. The van der Waals surface area contributed by atoms with Crippen molar-refractivity contribution in [1.29, 1.82) is 0 Å². The maximum atomic E-state index is 5.44. The van der Waals surface area contributed by atoms with Crippen molar-refractivity contribution < 1.29 is 9.47 Å². The highest BCUT2D eigenvalue weighted by Gasteiger charge is 2.05. The number of nitrogens with zero attached hydrogens (tertiary/aromatic N) is 2. The van der Waals surface area contributed by atoms with E-state index in [0.29, 0.717) is 18.0 Å². The van der Waals surface area contributed by atoms with Crippen LogP contribution >= 0.6 is 28.1 Å². The topological polar surface area (TPSA) is 52.1 Å². The maximum absolute atomic E-state index is 5.44. The number of aryl methyl sites for hydroxylation is 1. The van der Waals surface area contributed by atoms with Crippen LogP contribution in [-0.2, 0) is 16.0 Å². The fourth-order valence-electron chi connectivity index (χ4n) is 1.94. The second kappa shape index (κ2) is 7.87. The summed E-state index contributed by atoms with van der Waals surface area (Å²) in [6.45, 7) is 2.89. The largest absolute Gasteiger partial charge is 0.382 e. The van der Waals surface area contributed by atoms with E-state index in [1.165, 1.54) is 0 Å². The van der Waals surface area contributed by atoms with Gasteiger partial charge in [0.2, 0.25) is 0 Å². The number of aromatic nitrogens is 3. The molecular weight excluding hydrogens is 342 g/mol. The van der Waals surface area contributed by atoms with Gasteiger partial charge in [-0.15, -0.1) is 0 Å². The van der Waals surface area contributed by atoms with Gasteiger partial charge in [0.1, 0.15) is 0 Å². The highest BCUT2D eigenvalue weighted by atomic mass is 79.9. The molecule has 0 unspecified atom stereocenters. The van der Waals surface area contributed by atoms with Gasteiger partial charge >= 0.3 is 0 Å². The third-order valence-electron chi connectivity index (χ3n) is 2.93. The summed E-state index contributed by atoms with van der Waals surface area (Å²) < 4.78 is 14.1. The highest BCUT2D eigenvalue weighted by Crippen LogP contribution is 2.17. The summed E-state index contributed by atoms with van der Waals surface area (Å²) in [5.41, 5.74) is 1.86. The Labute approximate surface area is 131 Å². The van der Waals surface area contributed by atoms with Gasteiger partial charge in [-0.05, 0) is 47.1 Å². The first-order valence-corrected chi connectivity index (χ1v) is 7.73. The molecule has 1 N–H and O–H groups in total. The molecule has 7 heteroatoms. The van der Waals surface area contributed by atoms with E-state index in [1.54, 1.807) is 13.3 Å². The van der Waals surface area contributed by atoms with Crippen molar-refractivity contribution in [2.24, 2.45) is 0 Å². The van der Waals surface area contributed by atoms with Crippen LogP contribution in [0.4, 0.5) is 0 Å². The van der Waals surface area contributed by atoms with E-state index in [-0.39, 0.29) is 0 Å². The van der Waals surface area contributed by atoms with Crippen molar-refractivity contribution in [2.45, 2.75) is 19.4 Å². The zero-order valence-corrected chi connectivity index (χ0v) is 13.8. The second-order valence-electron chi connectivity index (χ2n) is 4.42. The van der Waals surface area contributed by atoms with Gasteiger partial charge in [0.25, 0.3) is 0 Å². The lowest BCUT2D eigenvalue weighted by Crippen LogP contribution is -2.05. The van der Waals surface area contributed by atoms with Crippen molar-refractivity contribution in [3.05, 3.63) is 21.5 Å². The predicted molar refractivity (Wildman–Crippen MR) is 84.5 cm³/mol. The highest BCUT2D eigenvalue weighted by molar-refractivity contribution is 9.10. The summed E-state index contributed by atoms with van der Waals surface area (Å²) in [4.78, 5) is 7.59. The SMILES string of the molecule is COCCOCCCCn1c(=S)[nH]c2cc(Br)cnc21. The third kappa shape index (κ3) is 4.12. The zero-order chi connectivity index (χ0) is 14.4. The lowest BCUT2D eigenvalue weighted by molar-refractivity contribution is 0.0684. The number of rotatable bonds is 8. The van der Waals surface area contributed by atoms with Crippen molar-refractivity contribution in [2.75, 3.05) is 26.9 Å². The Morgan fingerprint density at radius 1 is 1.35 bits per heavy atom. The molecule has 2 aromatic rings. The molecule has 0 amide bonds. The summed E-state index contributed by atoms with van der Waals surface area (Å²) in [6, 6.07) is 1.99. The fraction of sp³-hybridized carbons (Fsp3) is 0.538. The number of unbranched alkanes of at least 4 members (excludes halogenated alkanes) is 1. The first-order chi connectivity index (χ1) is 9.72. The number of pyridine rings is 1. The van der Waals surface area contributed by atoms with Gasteiger partial charge in [-0.25, -0.2) is 4.98 Å². The number of fused-ring (bicyclic) bond motifs is 1. The van der Waals surface area contributed by atoms with Crippen LogP contribution in [0.1, 0.15) is 12.8 Å². The average Bonchev–Trinajstić information content (AvgIpc) is 2.73. The molecule has 2 rings (SSSR count). The number of methoxy groups -OCH3 is 1. The van der Waals surface area contributed by atoms with Gasteiger partial charge in [-0.1, -0.05) is 0 Å². The Bertz CT molecular complexity index is 611. The molecule has 0 bridgehead atoms. The maximum Gasteiger partial charge on any atom is 0.179 e. The van der Waals surface area contributed by atoms with Gasteiger partial charge < -0.3 is 19.0 Å². The van der Waals surface area contributed by atoms with E-state index in [0.717, 1.165) is 41.6 Å². The first kappa shape index (κ1) is 15.6. The van der Waals surface area contributed by atoms with Crippen molar-refractivity contribution in [1.82, 2.24) is 14.5 Å². The fourth-order valence-corrected chi connectivity index (χ4v) is 2.56. The zero-order valence-electron chi connectivity index (χ0n) is 11.4. The van der Waals surface area contributed by atoms with Crippen LogP contribution in [0.2, 0.25) is 0 Å². The smallest absolute Gasteiger partial charge is 0.179 e. The molecule has 0 atom stereocenters. The molecule has 0 fully saturated rings. The summed E-state index contributed by atoms with van der Waals surface area (Å²) >= 11 is 8.74. The molecule has 0 radical (unpaired) electrons. The van der Waals surface area contributed by atoms with Gasteiger partial charge in [0.05, 0.1) is 18.7 Å². The van der Waals surface area contributed by atoms with E-state index < -0.39 is 0 Å². The van der Waals surface area contributed by atoms with Gasteiger partial charge in [0, 0.05) is 30.9 Å². The molecular formula is C13H18BrN3O2S. The Kier molecular flexibility index (Phi) is 6.15. The first-order valence-electron chi connectivity index (χ1n) is 6.53. The summed E-state index contributed by atoms with van der Waals surface area (Å²) in [7, 11) is 1.67. The Morgan fingerprint density at radius 3 is 3.00 bits per heavy atom. The molecule has 0 saturated heterocycles. The molecule has 0 aromatic carbocycles. The Hall–Kier alpha value is -0.760. The van der Waals surface area contributed by atoms with Crippen molar-refractivity contribution in [3.63, 3.8) is 0 Å². The van der Waals surface area contributed by atoms with Crippen LogP contribution in [0.3, 0.4) is 0 Å². The van der Waals surface area contributed by atoms with Crippen LogP contribution in [0.25, 0.3) is 11.2 Å². The van der Waals surface area contributed by atoms with Crippen LogP contribution in [0.5, 0.6) is 0 Å². The summed E-state index contributed by atoms with van der Waals surface area (Å²) in [6.07, 6.45) is 3.79. The minimum atomic E-state index is 0.645. The van der Waals surface area contributed by atoms with Crippen LogP contribution in [0, 0.1) is 4.77 Å². The number of imidazole rings is 1. The third-order valence-corrected chi connectivity index (χ3v) is 3.68. The molecule has 5 nitrogen and oxygen atoms in total. The van der Waals surface area contributed by atoms with Gasteiger partial charge in [-0.3, -0.25) is 0 Å². The van der Waals surface area contributed by atoms with Crippen LogP contribution in [-0.4, -0.2) is 41.5 Å². The summed E-state index contributed by atoms with van der Waals surface area (Å²) in [5, 5.41) is 0. The quantitative estimate of drug-likeness (QED) is 0.580. The number of ether oxygens (including phenoxy) is 2. The molecule has 0 spiro atoms. The number of hydrogen-bond donors (Lipinski definition) is 1. The van der Waals surface area contributed by atoms with E-state index in [1.807, 2.05) is 10.6 Å². The van der Waals surface area contributed by atoms with E-state index in [2.05, 4.69) is 25.9 Å². The molecule has 20 heavy (non-hydrogen) atoms. The lowest BCUT2D eigenvalue weighted by atomic mass is 10.3. The van der Waals surface area contributed by atoms with Gasteiger partial charge in [0.15, 0.2) is 10.4 Å². The number of H-pyrrole nitrogens is 1. The van der Waals surface area contributed by atoms with E-state index >= 15 is 0 Å². The average molecular weight is 360 g/mol. The molecule has 0 aliphatic heterocycles. The Balaban J connectivity index is 1.87. The molecule has 2 heterocycles. The molecule has 110 valence electrons. The van der Waals surface area contributed by atoms with E-state index in [4.69, 9.17) is 21.7 Å². The van der Waals surface area contributed by atoms with E-state index in [9.17, 15) is 0 Å². The number of hydrogen-bond acceptors (Lipinski definition) is 4. The Morgan fingerprint density at radius 2 is 2.20 bits per heavy atom. The number of halogens is 1. The lowest BCUT2D eigenvalue weighted by Gasteiger charge is -2.05. The monoisotopic (exact) mass is 359 g/mol. The van der Waals surface area contributed by atoms with Crippen LogP contribution < -0.4 is 0 Å². The molecule has 2 aromatic heterocycles. The van der Waals surface area contributed by atoms with Crippen LogP contribution in [0.15, 0.2) is 16.7 Å². The minimum absolute atomic E-state index is 0.645. The minimum Gasteiger partial charge on any atom is -0.382 e. The summed E-state index contributed by atoms with van der Waals surface area (Å²) in [5.74, 6) is 0. The number of nitrogens with one attached hydrogen (secondary N) is 1. The van der Waals surface area contributed by atoms with Crippen molar-refractivity contribution >= 4 is 39.3 Å². The molecule has 0 aliphatic carbocycles. The predicted octanol–water partition coefficient (Wildman–Crippen LogP) is 3.30. The van der Waals surface area contributed by atoms with Crippen molar-refractivity contribution in [3.8, 4) is 0 Å². The van der Waals surface area contributed by atoms with Gasteiger partial charge in [-0.2, -0.15) is 0 Å². The standard InChI is InChI=1S/C13H18BrN3O2S/c1-18-6-7-19-5-3-2-4-17-12-11(16-13(17)20)8-10(14)9-15-12/h8-9H,2-7H2,1H3,(H,16,20).